The Kier molecular flexibility index (Phi) is 10.9. The van der Waals surface area contributed by atoms with Gasteiger partial charge < -0.3 is 10.2 Å². The van der Waals surface area contributed by atoms with Gasteiger partial charge >= 0.3 is 0 Å². The number of amides is 2. The molecule has 1 N–H and O–H groups in total. The number of hydrogen-bond acceptors (Lipinski definition) is 4. The molecule has 0 unspecified atom stereocenters. The van der Waals surface area contributed by atoms with E-state index >= 15 is 0 Å². The fourth-order valence-corrected chi connectivity index (χ4v) is 6.67. The van der Waals surface area contributed by atoms with Gasteiger partial charge in [0.15, 0.2) is 0 Å². The minimum Gasteiger partial charge on any atom is -0.357 e. The minimum atomic E-state index is -4.19. The first-order chi connectivity index (χ1) is 20.5. The first kappa shape index (κ1) is 32.5. The van der Waals surface area contributed by atoms with Gasteiger partial charge in [0.1, 0.15) is 12.6 Å². The lowest BCUT2D eigenvalue weighted by molar-refractivity contribution is -0.139. The quantitative estimate of drug-likeness (QED) is 0.190. The molecule has 0 spiro atoms. The summed E-state index contributed by atoms with van der Waals surface area (Å²) in [4.78, 5) is 29.1. The molecular weight excluding hydrogens is 673 g/mol. The molecule has 0 saturated heterocycles. The van der Waals surface area contributed by atoms with E-state index in [1.807, 2.05) is 37.3 Å². The number of sulfonamides is 1. The Morgan fingerprint density at radius 1 is 0.860 bits per heavy atom. The van der Waals surface area contributed by atoms with E-state index in [0.717, 1.165) is 15.4 Å². The van der Waals surface area contributed by atoms with Crippen molar-refractivity contribution in [3.8, 4) is 0 Å². The molecule has 0 heterocycles. The molecule has 1 atom stereocenters. The Balaban J connectivity index is 1.80. The lowest BCUT2D eigenvalue weighted by Gasteiger charge is -2.33. The molecule has 4 aromatic rings. The summed E-state index contributed by atoms with van der Waals surface area (Å²) in [5, 5.41) is 3.31. The third-order valence-electron chi connectivity index (χ3n) is 6.84. The van der Waals surface area contributed by atoms with Crippen LogP contribution in [-0.2, 0) is 32.6 Å². The standard InChI is InChI=1S/C32H30BrCl2N3O4S/c1-22-11-14-27(15-12-22)43(41,42)38(26-10-6-9-25(33)19-26)21-31(39)37(20-24-13-16-28(34)29(35)17-24)30(32(40)36-2)18-23-7-4-3-5-8-23/h3-17,19,30H,18,20-21H2,1-2H3,(H,36,40)/t30-/m0/s1. The highest BCUT2D eigenvalue weighted by Gasteiger charge is 2.34. The van der Waals surface area contributed by atoms with Crippen molar-refractivity contribution in [3.05, 3.63) is 128 Å². The third-order valence-corrected chi connectivity index (χ3v) is 9.86. The van der Waals surface area contributed by atoms with Crippen molar-refractivity contribution >= 4 is 66.7 Å². The van der Waals surface area contributed by atoms with Crippen molar-refractivity contribution < 1.29 is 18.0 Å². The van der Waals surface area contributed by atoms with Gasteiger partial charge in [0.25, 0.3) is 10.0 Å². The molecular formula is C32H30BrCl2N3O4S. The normalized spacial score (nSPS) is 11.9. The van der Waals surface area contributed by atoms with Crippen molar-refractivity contribution in [3.63, 3.8) is 0 Å². The van der Waals surface area contributed by atoms with Crippen LogP contribution in [0, 0.1) is 6.92 Å². The molecule has 4 rings (SSSR count). The number of aryl methyl sites for hydroxylation is 1. The zero-order valence-electron chi connectivity index (χ0n) is 23.5. The molecule has 11 heteroatoms. The molecule has 7 nitrogen and oxygen atoms in total. The minimum absolute atomic E-state index is 0.0163. The van der Waals surface area contributed by atoms with Gasteiger partial charge in [0, 0.05) is 24.5 Å². The van der Waals surface area contributed by atoms with E-state index in [2.05, 4.69) is 21.2 Å². The number of nitrogens with zero attached hydrogens (tertiary/aromatic N) is 2. The zero-order chi connectivity index (χ0) is 31.1. The van der Waals surface area contributed by atoms with E-state index in [0.29, 0.717) is 20.1 Å². The van der Waals surface area contributed by atoms with Crippen molar-refractivity contribution in [1.82, 2.24) is 10.2 Å². The average molecular weight is 703 g/mol. The van der Waals surface area contributed by atoms with E-state index in [1.54, 1.807) is 54.6 Å². The third kappa shape index (κ3) is 8.17. The van der Waals surface area contributed by atoms with E-state index in [4.69, 9.17) is 23.2 Å². The van der Waals surface area contributed by atoms with Crippen LogP contribution in [0.2, 0.25) is 10.0 Å². The Bertz CT molecular complexity index is 1700. The summed E-state index contributed by atoms with van der Waals surface area (Å²) < 4.78 is 29.8. The summed E-state index contributed by atoms with van der Waals surface area (Å²) in [5.74, 6) is -0.973. The molecule has 4 aromatic carbocycles. The van der Waals surface area contributed by atoms with Crippen LogP contribution >= 0.6 is 39.1 Å². The van der Waals surface area contributed by atoms with E-state index < -0.39 is 34.4 Å². The first-order valence-corrected chi connectivity index (χ1v) is 16.3. The maximum atomic E-state index is 14.3. The van der Waals surface area contributed by atoms with Gasteiger partial charge in [-0.15, -0.1) is 0 Å². The predicted molar refractivity (Wildman–Crippen MR) is 175 cm³/mol. The summed E-state index contributed by atoms with van der Waals surface area (Å²) in [6, 6.07) is 26.4. The summed E-state index contributed by atoms with van der Waals surface area (Å²) in [5.41, 5.74) is 2.64. The highest BCUT2D eigenvalue weighted by Crippen LogP contribution is 2.28. The van der Waals surface area contributed by atoms with Gasteiger partial charge in [0.2, 0.25) is 11.8 Å². The molecule has 0 fully saturated rings. The van der Waals surface area contributed by atoms with Crippen LogP contribution in [-0.4, -0.2) is 44.8 Å². The summed E-state index contributed by atoms with van der Waals surface area (Å²) in [6.07, 6.45) is 0.204. The molecule has 224 valence electrons. The fraction of sp³-hybridized carbons (Fsp3) is 0.188. The second-order valence-corrected chi connectivity index (χ2v) is 13.5. The SMILES string of the molecule is CNC(=O)[C@H](Cc1ccccc1)N(Cc1ccc(Cl)c(Cl)c1)C(=O)CN(c1cccc(Br)c1)S(=O)(=O)c1ccc(C)cc1. The Labute approximate surface area is 270 Å². The molecule has 0 aliphatic carbocycles. The van der Waals surface area contributed by atoms with Crippen LogP contribution in [0.4, 0.5) is 5.69 Å². The van der Waals surface area contributed by atoms with Gasteiger partial charge in [0.05, 0.1) is 20.6 Å². The molecule has 0 aliphatic rings. The number of likely N-dealkylation sites (N-methyl/N-ethyl adjacent to an activating group) is 1. The number of carbonyl (C=O) groups excluding carboxylic acids is 2. The van der Waals surface area contributed by atoms with Gasteiger partial charge in [-0.25, -0.2) is 8.42 Å². The highest BCUT2D eigenvalue weighted by molar-refractivity contribution is 9.10. The lowest BCUT2D eigenvalue weighted by atomic mass is 10.0. The van der Waals surface area contributed by atoms with Crippen LogP contribution in [0.25, 0.3) is 0 Å². The maximum absolute atomic E-state index is 14.3. The molecule has 0 bridgehead atoms. The Hall–Kier alpha value is -3.37. The van der Waals surface area contributed by atoms with Crippen LogP contribution in [0.5, 0.6) is 0 Å². The average Bonchev–Trinajstić information content (AvgIpc) is 2.99. The van der Waals surface area contributed by atoms with Crippen LogP contribution < -0.4 is 9.62 Å². The topological polar surface area (TPSA) is 86.8 Å². The van der Waals surface area contributed by atoms with Crippen LogP contribution in [0.3, 0.4) is 0 Å². The molecule has 0 radical (unpaired) electrons. The molecule has 0 aliphatic heterocycles. The molecule has 43 heavy (non-hydrogen) atoms. The first-order valence-electron chi connectivity index (χ1n) is 13.3. The Morgan fingerprint density at radius 2 is 1.56 bits per heavy atom. The van der Waals surface area contributed by atoms with Gasteiger partial charge in [-0.05, 0) is 60.5 Å². The number of benzene rings is 4. The van der Waals surface area contributed by atoms with Crippen LogP contribution in [0.15, 0.2) is 106 Å². The molecule has 0 aromatic heterocycles. The summed E-state index contributed by atoms with van der Waals surface area (Å²) in [7, 11) is -2.69. The number of halogens is 3. The smallest absolute Gasteiger partial charge is 0.264 e. The van der Waals surface area contributed by atoms with Crippen LogP contribution in [0.1, 0.15) is 16.7 Å². The number of anilines is 1. The van der Waals surface area contributed by atoms with Crippen molar-refractivity contribution in [1.29, 1.82) is 0 Å². The maximum Gasteiger partial charge on any atom is 0.264 e. The van der Waals surface area contributed by atoms with E-state index in [9.17, 15) is 18.0 Å². The second-order valence-electron chi connectivity index (χ2n) is 9.89. The summed E-state index contributed by atoms with van der Waals surface area (Å²) >= 11 is 15.8. The lowest BCUT2D eigenvalue weighted by Crippen LogP contribution is -2.53. The van der Waals surface area contributed by atoms with Crippen molar-refractivity contribution in [2.75, 3.05) is 17.9 Å². The zero-order valence-corrected chi connectivity index (χ0v) is 27.4. The van der Waals surface area contributed by atoms with Gasteiger partial charge in [-0.3, -0.25) is 13.9 Å². The number of rotatable bonds is 11. The Morgan fingerprint density at radius 3 is 2.19 bits per heavy atom. The second kappa shape index (κ2) is 14.4. The number of nitrogens with one attached hydrogen (secondary N) is 1. The van der Waals surface area contributed by atoms with E-state index in [-0.39, 0.29) is 23.5 Å². The van der Waals surface area contributed by atoms with Gasteiger partial charge in [-0.1, -0.05) is 99.3 Å². The highest BCUT2D eigenvalue weighted by atomic mass is 79.9. The predicted octanol–water partition coefficient (Wildman–Crippen LogP) is 6.65. The summed E-state index contributed by atoms with van der Waals surface area (Å²) in [6.45, 7) is 1.28. The fourth-order valence-electron chi connectivity index (χ4n) is 4.55. The number of hydrogen-bond donors (Lipinski definition) is 1. The van der Waals surface area contributed by atoms with Crippen molar-refractivity contribution in [2.24, 2.45) is 0 Å². The van der Waals surface area contributed by atoms with Gasteiger partial charge in [-0.2, -0.15) is 0 Å². The van der Waals surface area contributed by atoms with Crippen molar-refractivity contribution in [2.45, 2.75) is 30.8 Å². The largest absolute Gasteiger partial charge is 0.357 e. The monoisotopic (exact) mass is 701 g/mol. The molecule has 0 saturated carbocycles. The van der Waals surface area contributed by atoms with E-state index in [1.165, 1.54) is 24.1 Å². The number of carbonyl (C=O) groups is 2. The molecule has 2 amide bonds.